The SMILES string of the molecule is CN(C)C(=O)N1C[C@H]2CC[C@@H](C1)N(C(=O)CN1CCOc3ccccc3C1)C2. The Hall–Kier alpha value is -2.28. The molecule has 4 aliphatic rings. The summed E-state index contributed by atoms with van der Waals surface area (Å²) in [6.07, 6.45) is 2.08. The van der Waals surface area contributed by atoms with Crippen molar-refractivity contribution >= 4 is 11.9 Å². The third-order valence-corrected chi connectivity index (χ3v) is 6.08. The lowest BCUT2D eigenvalue weighted by molar-refractivity contribution is -0.136. The highest BCUT2D eigenvalue weighted by atomic mass is 16.5. The summed E-state index contributed by atoms with van der Waals surface area (Å²) in [6, 6.07) is 8.23. The Morgan fingerprint density at radius 2 is 1.96 bits per heavy atom. The second-order valence-corrected chi connectivity index (χ2v) is 8.39. The zero-order valence-corrected chi connectivity index (χ0v) is 16.8. The van der Waals surface area contributed by atoms with Crippen LogP contribution in [0.1, 0.15) is 18.4 Å². The molecule has 3 saturated heterocycles. The topological polar surface area (TPSA) is 56.3 Å². The van der Waals surface area contributed by atoms with Crippen LogP contribution in [0, 0.1) is 5.92 Å². The number of piperidine rings is 1. The maximum Gasteiger partial charge on any atom is 0.319 e. The lowest BCUT2D eigenvalue weighted by Crippen LogP contribution is -2.51. The van der Waals surface area contributed by atoms with E-state index in [-0.39, 0.29) is 18.0 Å². The fraction of sp³-hybridized carbons (Fsp3) is 0.619. The molecule has 0 radical (unpaired) electrons. The minimum atomic E-state index is 0.0486. The molecule has 0 unspecified atom stereocenters. The predicted molar refractivity (Wildman–Crippen MR) is 106 cm³/mol. The first-order chi connectivity index (χ1) is 13.5. The van der Waals surface area contributed by atoms with Crippen LogP contribution in [-0.4, -0.2) is 91.0 Å². The normalized spacial score (nSPS) is 24.8. The molecular formula is C21H30N4O3. The first kappa shape index (κ1) is 19.1. The summed E-state index contributed by atoms with van der Waals surface area (Å²) in [7, 11) is 3.58. The minimum Gasteiger partial charge on any atom is -0.492 e. The summed E-state index contributed by atoms with van der Waals surface area (Å²) in [5.74, 6) is 1.47. The van der Waals surface area contributed by atoms with Crippen LogP contribution in [-0.2, 0) is 11.3 Å². The number of urea groups is 1. The summed E-state index contributed by atoms with van der Waals surface area (Å²) in [5.41, 5.74) is 1.13. The van der Waals surface area contributed by atoms with Gasteiger partial charge in [0.15, 0.2) is 0 Å². The van der Waals surface area contributed by atoms with Crippen molar-refractivity contribution in [3.8, 4) is 5.75 Å². The molecule has 7 heteroatoms. The van der Waals surface area contributed by atoms with Crippen molar-refractivity contribution < 1.29 is 14.3 Å². The van der Waals surface area contributed by atoms with E-state index in [4.69, 9.17) is 4.74 Å². The van der Waals surface area contributed by atoms with Gasteiger partial charge in [0, 0.05) is 58.4 Å². The lowest BCUT2D eigenvalue weighted by atomic mass is 9.95. The van der Waals surface area contributed by atoms with Gasteiger partial charge in [0.25, 0.3) is 0 Å². The molecule has 7 nitrogen and oxygen atoms in total. The van der Waals surface area contributed by atoms with E-state index < -0.39 is 0 Å². The van der Waals surface area contributed by atoms with Crippen LogP contribution in [0.4, 0.5) is 4.79 Å². The number of rotatable bonds is 2. The molecule has 3 amide bonds. The van der Waals surface area contributed by atoms with E-state index in [1.54, 1.807) is 19.0 Å². The molecule has 0 N–H and O–H groups in total. The fourth-order valence-corrected chi connectivity index (χ4v) is 4.62. The van der Waals surface area contributed by atoms with Crippen molar-refractivity contribution in [3.05, 3.63) is 29.8 Å². The van der Waals surface area contributed by atoms with Gasteiger partial charge in [-0.2, -0.15) is 0 Å². The van der Waals surface area contributed by atoms with Crippen LogP contribution in [0.15, 0.2) is 24.3 Å². The van der Waals surface area contributed by atoms with Gasteiger partial charge in [-0.25, -0.2) is 4.79 Å². The molecule has 5 rings (SSSR count). The Bertz CT molecular complexity index is 738. The predicted octanol–water partition coefficient (Wildman–Crippen LogP) is 1.49. The number of hydrogen-bond acceptors (Lipinski definition) is 4. The number of ether oxygens (including phenoxy) is 1. The van der Waals surface area contributed by atoms with Gasteiger partial charge in [0.2, 0.25) is 5.91 Å². The second-order valence-electron chi connectivity index (χ2n) is 8.39. The maximum atomic E-state index is 13.2. The monoisotopic (exact) mass is 386 g/mol. The molecule has 0 spiro atoms. The van der Waals surface area contributed by atoms with Crippen LogP contribution >= 0.6 is 0 Å². The van der Waals surface area contributed by atoms with Gasteiger partial charge < -0.3 is 19.4 Å². The van der Waals surface area contributed by atoms with Crippen molar-refractivity contribution in [2.75, 3.05) is 53.4 Å². The largest absolute Gasteiger partial charge is 0.492 e. The molecule has 0 aliphatic carbocycles. The molecule has 4 heterocycles. The maximum absolute atomic E-state index is 13.2. The molecule has 0 aromatic heterocycles. The quantitative estimate of drug-likeness (QED) is 0.773. The first-order valence-corrected chi connectivity index (χ1v) is 10.2. The molecule has 1 aromatic carbocycles. The Labute approximate surface area is 166 Å². The highest BCUT2D eigenvalue weighted by Gasteiger charge is 2.39. The number of para-hydroxylation sites is 1. The fourth-order valence-electron chi connectivity index (χ4n) is 4.62. The van der Waals surface area contributed by atoms with Gasteiger partial charge in [-0.15, -0.1) is 0 Å². The molecule has 0 saturated carbocycles. The number of carbonyl (C=O) groups excluding carboxylic acids is 2. The summed E-state index contributed by atoms with van der Waals surface area (Å²) in [5, 5.41) is 0. The number of fused-ring (bicyclic) bond motifs is 5. The van der Waals surface area contributed by atoms with Crippen molar-refractivity contribution in [3.63, 3.8) is 0 Å². The van der Waals surface area contributed by atoms with E-state index in [0.29, 0.717) is 25.6 Å². The summed E-state index contributed by atoms with van der Waals surface area (Å²) >= 11 is 0. The summed E-state index contributed by atoms with van der Waals surface area (Å²) < 4.78 is 5.82. The Kier molecular flexibility index (Phi) is 5.44. The van der Waals surface area contributed by atoms with Crippen molar-refractivity contribution in [2.45, 2.75) is 25.4 Å². The second kappa shape index (κ2) is 7.99. The van der Waals surface area contributed by atoms with E-state index >= 15 is 0 Å². The average Bonchev–Trinajstić information content (AvgIpc) is 3.09. The molecule has 28 heavy (non-hydrogen) atoms. The van der Waals surface area contributed by atoms with Crippen molar-refractivity contribution in [1.82, 2.24) is 19.6 Å². The number of benzene rings is 1. The van der Waals surface area contributed by atoms with Gasteiger partial charge in [0.05, 0.1) is 6.54 Å². The van der Waals surface area contributed by atoms with Gasteiger partial charge in [-0.05, 0) is 24.8 Å². The lowest BCUT2D eigenvalue weighted by Gasteiger charge is -2.37. The van der Waals surface area contributed by atoms with Crippen LogP contribution in [0.3, 0.4) is 0 Å². The number of nitrogens with zero attached hydrogens (tertiary/aromatic N) is 4. The smallest absolute Gasteiger partial charge is 0.319 e. The van der Waals surface area contributed by atoms with E-state index in [9.17, 15) is 9.59 Å². The van der Waals surface area contributed by atoms with Gasteiger partial charge in [-0.3, -0.25) is 9.69 Å². The van der Waals surface area contributed by atoms with Crippen LogP contribution in [0.5, 0.6) is 5.75 Å². The molecule has 3 fully saturated rings. The molecule has 4 aliphatic heterocycles. The molecule has 2 bridgehead atoms. The highest BCUT2D eigenvalue weighted by Crippen LogP contribution is 2.29. The Morgan fingerprint density at radius 3 is 2.79 bits per heavy atom. The van der Waals surface area contributed by atoms with E-state index in [1.165, 1.54) is 0 Å². The van der Waals surface area contributed by atoms with Crippen LogP contribution in [0.2, 0.25) is 0 Å². The minimum absolute atomic E-state index is 0.0486. The molecular weight excluding hydrogens is 356 g/mol. The van der Waals surface area contributed by atoms with E-state index in [2.05, 4.69) is 11.0 Å². The number of amides is 3. The Morgan fingerprint density at radius 1 is 1.14 bits per heavy atom. The first-order valence-electron chi connectivity index (χ1n) is 10.2. The van der Waals surface area contributed by atoms with Crippen molar-refractivity contribution in [1.29, 1.82) is 0 Å². The molecule has 2 atom stereocenters. The summed E-state index contributed by atoms with van der Waals surface area (Å²) in [6.45, 7) is 4.64. The standard InChI is InChI=1S/C21H30N4O3/c1-22(2)21(27)24-11-16-7-8-18(14-24)25(12-16)20(26)15-23-9-10-28-19-6-4-3-5-17(19)13-23/h3-6,16,18H,7-15H2,1-2H3/t16-,18+/m1/s1. The molecule has 1 aromatic rings. The zero-order valence-electron chi connectivity index (χ0n) is 16.8. The van der Waals surface area contributed by atoms with E-state index in [1.807, 2.05) is 28.0 Å². The van der Waals surface area contributed by atoms with Crippen LogP contribution < -0.4 is 4.74 Å². The zero-order chi connectivity index (χ0) is 19.7. The number of hydrogen-bond donors (Lipinski definition) is 0. The van der Waals surface area contributed by atoms with Gasteiger partial charge in [0.1, 0.15) is 12.4 Å². The van der Waals surface area contributed by atoms with Gasteiger partial charge in [-0.1, -0.05) is 18.2 Å². The average molecular weight is 386 g/mol. The van der Waals surface area contributed by atoms with Crippen LogP contribution in [0.25, 0.3) is 0 Å². The van der Waals surface area contributed by atoms with Gasteiger partial charge >= 0.3 is 6.03 Å². The molecule has 152 valence electrons. The third kappa shape index (κ3) is 3.94. The number of carbonyl (C=O) groups is 2. The summed E-state index contributed by atoms with van der Waals surface area (Å²) in [4.78, 5) is 33.4. The van der Waals surface area contributed by atoms with E-state index in [0.717, 1.165) is 50.3 Å². The highest BCUT2D eigenvalue weighted by molar-refractivity contribution is 5.79. The third-order valence-electron chi connectivity index (χ3n) is 6.08. The van der Waals surface area contributed by atoms with Crippen molar-refractivity contribution in [2.24, 2.45) is 5.92 Å². The Balaban J connectivity index is 1.42.